The number of alkyl carbamates (subject to hydrolysis) is 1. The summed E-state index contributed by atoms with van der Waals surface area (Å²) in [5, 5.41) is 14.7. The molecule has 1 aliphatic carbocycles. The number of hydrogen-bond donors (Lipinski definition) is 3. The number of carbonyl (C=O) groups is 3. The lowest BCUT2D eigenvalue weighted by molar-refractivity contribution is -0.144. The molecule has 8 nitrogen and oxygen atoms in total. The summed E-state index contributed by atoms with van der Waals surface area (Å²) in [5.74, 6) is -2.56. The monoisotopic (exact) mass is 468 g/mol. The van der Waals surface area contributed by atoms with E-state index in [1.54, 1.807) is 20.8 Å². The fraction of sp³-hybridized carbons (Fsp3) is 0.423. The number of carboxylic acid groups (broad SMARTS) is 1. The fourth-order valence-electron chi connectivity index (χ4n) is 4.62. The van der Waals surface area contributed by atoms with Crippen LogP contribution < -0.4 is 10.6 Å². The van der Waals surface area contributed by atoms with Crippen molar-refractivity contribution in [1.82, 2.24) is 10.6 Å². The number of rotatable bonds is 10. The zero-order valence-corrected chi connectivity index (χ0v) is 19.9. The minimum Gasteiger partial charge on any atom is -0.481 e. The van der Waals surface area contributed by atoms with Gasteiger partial charge >= 0.3 is 12.1 Å². The standard InChI is InChI=1S/C26H32N2O6/c1-15(2)23(25(30)31)16(3)27-24(29)22(14-33-4)28-26(32)34-13-21-19-11-7-5-9-17(19)18-10-6-8-12-20(18)21/h5-12,15-16,21-23H,13-14H2,1-4H3,(H,27,29)(H,28,32)(H,30,31). The second-order valence-corrected chi connectivity index (χ2v) is 8.88. The number of nitrogens with one attached hydrogen (secondary N) is 2. The molecule has 0 bridgehead atoms. The zero-order chi connectivity index (χ0) is 24.8. The topological polar surface area (TPSA) is 114 Å². The Bertz CT molecular complexity index is 992. The molecule has 34 heavy (non-hydrogen) atoms. The number of ether oxygens (including phenoxy) is 2. The largest absolute Gasteiger partial charge is 0.481 e. The van der Waals surface area contributed by atoms with Gasteiger partial charge in [-0.25, -0.2) is 4.79 Å². The average Bonchev–Trinajstić information content (AvgIpc) is 3.10. The molecule has 0 saturated carbocycles. The Balaban J connectivity index is 1.63. The molecule has 0 spiro atoms. The summed E-state index contributed by atoms with van der Waals surface area (Å²) in [6.45, 7) is 5.23. The van der Waals surface area contributed by atoms with Crippen molar-refractivity contribution >= 4 is 18.0 Å². The maximum atomic E-state index is 12.8. The normalized spacial score (nSPS) is 15.1. The van der Waals surface area contributed by atoms with Crippen LogP contribution in [0.4, 0.5) is 4.79 Å². The van der Waals surface area contributed by atoms with Crippen molar-refractivity contribution in [2.75, 3.05) is 20.3 Å². The summed E-state index contributed by atoms with van der Waals surface area (Å²) in [4.78, 5) is 36.9. The van der Waals surface area contributed by atoms with Crippen LogP contribution in [0.1, 0.15) is 37.8 Å². The Labute approximate surface area is 199 Å². The third kappa shape index (κ3) is 5.56. The maximum absolute atomic E-state index is 12.8. The molecule has 0 radical (unpaired) electrons. The van der Waals surface area contributed by atoms with Crippen LogP contribution in [0.15, 0.2) is 48.5 Å². The van der Waals surface area contributed by atoms with E-state index in [4.69, 9.17) is 9.47 Å². The number of carboxylic acids is 1. The van der Waals surface area contributed by atoms with Gasteiger partial charge in [0.25, 0.3) is 0 Å². The second kappa shape index (κ2) is 11.2. The van der Waals surface area contributed by atoms with Gasteiger partial charge < -0.3 is 25.2 Å². The van der Waals surface area contributed by atoms with Gasteiger partial charge in [0.2, 0.25) is 5.91 Å². The van der Waals surface area contributed by atoms with Crippen molar-refractivity contribution in [3.8, 4) is 11.1 Å². The summed E-state index contributed by atoms with van der Waals surface area (Å²) in [7, 11) is 1.41. The highest BCUT2D eigenvalue weighted by Crippen LogP contribution is 2.44. The Morgan fingerprint density at radius 3 is 2.00 bits per heavy atom. The van der Waals surface area contributed by atoms with E-state index in [0.29, 0.717) is 0 Å². The quantitative estimate of drug-likeness (QED) is 0.493. The fourth-order valence-corrected chi connectivity index (χ4v) is 4.62. The number of carbonyl (C=O) groups excluding carboxylic acids is 2. The molecular formula is C26H32N2O6. The third-order valence-corrected chi connectivity index (χ3v) is 6.20. The van der Waals surface area contributed by atoms with Crippen LogP contribution in [-0.4, -0.2) is 55.5 Å². The van der Waals surface area contributed by atoms with E-state index in [1.807, 2.05) is 36.4 Å². The van der Waals surface area contributed by atoms with Gasteiger partial charge in [0.15, 0.2) is 0 Å². The first-order valence-corrected chi connectivity index (χ1v) is 11.4. The van der Waals surface area contributed by atoms with Gasteiger partial charge in [0.05, 0.1) is 12.5 Å². The number of hydrogen-bond acceptors (Lipinski definition) is 5. The predicted octanol–water partition coefficient (Wildman–Crippen LogP) is 3.40. The lowest BCUT2D eigenvalue weighted by Crippen LogP contribution is -2.54. The molecule has 0 heterocycles. The Hall–Kier alpha value is -3.39. The number of methoxy groups -OCH3 is 1. The third-order valence-electron chi connectivity index (χ3n) is 6.20. The summed E-state index contributed by atoms with van der Waals surface area (Å²) >= 11 is 0. The van der Waals surface area contributed by atoms with Crippen LogP contribution in [0.3, 0.4) is 0 Å². The molecule has 0 saturated heterocycles. The second-order valence-electron chi connectivity index (χ2n) is 8.88. The molecule has 0 fully saturated rings. The molecule has 0 aromatic heterocycles. The SMILES string of the molecule is COCC(NC(=O)OCC1c2ccccc2-c2ccccc21)C(=O)NC(C)C(C(=O)O)C(C)C. The van der Waals surface area contributed by atoms with E-state index in [1.165, 1.54) is 7.11 Å². The molecular weight excluding hydrogens is 436 g/mol. The molecule has 8 heteroatoms. The van der Waals surface area contributed by atoms with Gasteiger partial charge in [-0.2, -0.15) is 0 Å². The highest BCUT2D eigenvalue weighted by Gasteiger charge is 2.32. The Morgan fingerprint density at radius 2 is 1.50 bits per heavy atom. The molecule has 0 aliphatic heterocycles. The van der Waals surface area contributed by atoms with Gasteiger partial charge in [-0.05, 0) is 35.1 Å². The summed E-state index contributed by atoms with van der Waals surface area (Å²) in [6.07, 6.45) is -0.745. The molecule has 3 atom stereocenters. The van der Waals surface area contributed by atoms with Crippen molar-refractivity contribution in [3.63, 3.8) is 0 Å². The van der Waals surface area contributed by atoms with E-state index in [0.717, 1.165) is 22.3 Å². The maximum Gasteiger partial charge on any atom is 0.407 e. The number of aliphatic carboxylic acids is 1. The highest BCUT2D eigenvalue weighted by molar-refractivity contribution is 5.86. The van der Waals surface area contributed by atoms with Crippen molar-refractivity contribution in [2.24, 2.45) is 11.8 Å². The first-order chi connectivity index (χ1) is 16.2. The van der Waals surface area contributed by atoms with Gasteiger partial charge in [0.1, 0.15) is 12.6 Å². The van der Waals surface area contributed by atoms with Crippen LogP contribution in [0.5, 0.6) is 0 Å². The predicted molar refractivity (Wildman–Crippen MR) is 127 cm³/mol. The van der Waals surface area contributed by atoms with Crippen molar-refractivity contribution < 1.29 is 29.0 Å². The van der Waals surface area contributed by atoms with Crippen molar-refractivity contribution in [2.45, 2.75) is 38.8 Å². The summed E-state index contributed by atoms with van der Waals surface area (Å²) in [5.41, 5.74) is 4.42. The first-order valence-electron chi connectivity index (χ1n) is 11.4. The lowest BCUT2D eigenvalue weighted by Gasteiger charge is -2.26. The van der Waals surface area contributed by atoms with Crippen LogP contribution >= 0.6 is 0 Å². The van der Waals surface area contributed by atoms with Crippen LogP contribution in [0.25, 0.3) is 11.1 Å². The first kappa shape index (κ1) is 25.2. The molecule has 3 rings (SSSR count). The molecule has 1 aliphatic rings. The van der Waals surface area contributed by atoms with Gasteiger partial charge in [-0.15, -0.1) is 0 Å². The lowest BCUT2D eigenvalue weighted by atomic mass is 9.89. The van der Waals surface area contributed by atoms with E-state index in [9.17, 15) is 19.5 Å². The smallest absolute Gasteiger partial charge is 0.407 e. The van der Waals surface area contributed by atoms with E-state index in [2.05, 4.69) is 22.8 Å². The van der Waals surface area contributed by atoms with E-state index in [-0.39, 0.29) is 25.0 Å². The molecule has 2 aromatic carbocycles. The molecule has 3 N–H and O–H groups in total. The van der Waals surface area contributed by atoms with E-state index < -0.39 is 36.0 Å². The zero-order valence-electron chi connectivity index (χ0n) is 19.9. The molecule has 2 amide bonds. The van der Waals surface area contributed by atoms with Gasteiger partial charge in [0, 0.05) is 19.1 Å². The minimum atomic E-state index is -1.02. The molecule has 3 unspecified atom stereocenters. The molecule has 2 aromatic rings. The van der Waals surface area contributed by atoms with Crippen molar-refractivity contribution in [1.29, 1.82) is 0 Å². The molecule has 182 valence electrons. The Morgan fingerprint density at radius 1 is 0.941 bits per heavy atom. The summed E-state index contributed by atoms with van der Waals surface area (Å²) < 4.78 is 10.6. The van der Waals surface area contributed by atoms with Crippen LogP contribution in [0, 0.1) is 11.8 Å². The number of fused-ring (bicyclic) bond motifs is 3. The van der Waals surface area contributed by atoms with Gasteiger partial charge in [-0.3, -0.25) is 9.59 Å². The minimum absolute atomic E-state index is 0.0812. The van der Waals surface area contributed by atoms with Gasteiger partial charge in [-0.1, -0.05) is 62.4 Å². The highest BCUT2D eigenvalue weighted by atomic mass is 16.5. The number of benzene rings is 2. The average molecular weight is 469 g/mol. The number of amides is 2. The van der Waals surface area contributed by atoms with Crippen LogP contribution in [-0.2, 0) is 19.1 Å². The summed E-state index contributed by atoms with van der Waals surface area (Å²) in [6, 6.07) is 14.4. The van der Waals surface area contributed by atoms with E-state index >= 15 is 0 Å². The Kier molecular flexibility index (Phi) is 8.28. The van der Waals surface area contributed by atoms with Crippen LogP contribution in [0.2, 0.25) is 0 Å². The van der Waals surface area contributed by atoms with Crippen molar-refractivity contribution in [3.05, 3.63) is 59.7 Å².